The van der Waals surface area contributed by atoms with Crippen molar-refractivity contribution in [2.24, 2.45) is 17.4 Å². The summed E-state index contributed by atoms with van der Waals surface area (Å²) in [6.07, 6.45) is -10.3. The number of aliphatic hydroxyl groups is 6. The van der Waals surface area contributed by atoms with E-state index in [9.17, 15) is 69.3 Å². The Morgan fingerprint density at radius 3 is 2.01 bits per heavy atom. The van der Waals surface area contributed by atoms with Crippen LogP contribution in [-0.4, -0.2) is 235 Å². The highest BCUT2D eigenvalue weighted by Crippen LogP contribution is 2.33. The van der Waals surface area contributed by atoms with Crippen molar-refractivity contribution >= 4 is 89.9 Å². The molecule has 3 aromatic carbocycles. The summed E-state index contributed by atoms with van der Waals surface area (Å²) >= 11 is 1.24. The van der Waals surface area contributed by atoms with Gasteiger partial charge in [0, 0.05) is 63.7 Å². The highest BCUT2D eigenvalue weighted by Gasteiger charge is 2.50. The number of phenols is 1. The number of nitrogens with zero attached hydrogens (tertiary/aromatic N) is 5. The molecule has 5 heterocycles. The molecule has 13 atom stereocenters. The molecule has 0 unspecified atom stereocenters. The van der Waals surface area contributed by atoms with E-state index in [0.29, 0.717) is 35.3 Å². The lowest BCUT2D eigenvalue weighted by Gasteiger charge is -2.34. The molecule has 0 saturated carbocycles. The van der Waals surface area contributed by atoms with Gasteiger partial charge in [0.05, 0.1) is 55.4 Å². The molecule has 33 heteroatoms. The molecule has 0 spiro atoms. The van der Waals surface area contributed by atoms with Crippen molar-refractivity contribution in [2.75, 3.05) is 59.7 Å². The Kier molecular flexibility index (Phi) is 29.5. The zero-order valence-corrected chi connectivity index (χ0v) is 54.8. The molecule has 3 fully saturated rings. The Hall–Kier alpha value is -7.43. The van der Waals surface area contributed by atoms with Crippen LogP contribution in [0.15, 0.2) is 85.1 Å². The van der Waals surface area contributed by atoms with Crippen molar-refractivity contribution in [1.29, 1.82) is 0 Å². The van der Waals surface area contributed by atoms with Gasteiger partial charge < -0.3 is 97.8 Å². The van der Waals surface area contributed by atoms with Gasteiger partial charge in [-0.15, -0.1) is 47.4 Å². The molecule has 0 radical (unpaired) electrons. The number of aliphatic hydroxyl groups excluding tert-OH is 6. The van der Waals surface area contributed by atoms with Crippen LogP contribution in [0.2, 0.25) is 0 Å². The lowest BCUT2D eigenvalue weighted by molar-refractivity contribution is -0.147. The van der Waals surface area contributed by atoms with Gasteiger partial charge in [-0.1, -0.05) is 60.7 Å². The van der Waals surface area contributed by atoms with Crippen LogP contribution in [0, 0.1) is 5.92 Å². The highest BCUT2D eigenvalue weighted by molar-refractivity contribution is 7.17. The van der Waals surface area contributed by atoms with Gasteiger partial charge in [-0.2, -0.15) is 0 Å². The largest absolute Gasteiger partial charge is 0.504 e. The maximum atomic E-state index is 14.7. The number of pyridine rings is 1. The van der Waals surface area contributed by atoms with Crippen LogP contribution in [0.4, 0.5) is 0 Å². The molecular weight excluding hydrogens is 1310 g/mol. The number of aromatic hydroxyl groups is 1. The summed E-state index contributed by atoms with van der Waals surface area (Å²) in [4.78, 5) is 108. The number of nitrogens with two attached hydrogens (primary N) is 2. The fourth-order valence-corrected chi connectivity index (χ4v) is 11.6. The van der Waals surface area contributed by atoms with Crippen molar-refractivity contribution < 1.29 is 83.5 Å². The number of hydrogen-bond acceptors (Lipinski definition) is 23. The second-order valence-corrected chi connectivity index (χ2v) is 23.6. The summed E-state index contributed by atoms with van der Waals surface area (Å²) in [6, 6.07) is 11.3. The molecule has 16 N–H and O–H groups in total. The fraction of sp³-hybridized carbons (Fsp3) is 0.475. The van der Waals surface area contributed by atoms with E-state index in [-0.39, 0.29) is 92.5 Å². The zero-order chi connectivity index (χ0) is 65.6. The van der Waals surface area contributed by atoms with Crippen molar-refractivity contribution in [1.82, 2.24) is 51.6 Å². The van der Waals surface area contributed by atoms with Crippen LogP contribution >= 0.6 is 48.6 Å². The predicted octanol–water partition coefficient (Wildman–Crippen LogP) is -1.04. The number of halogens is 3. The van der Waals surface area contributed by atoms with Crippen LogP contribution in [0.5, 0.6) is 17.2 Å². The Balaban J connectivity index is 0.00000534. The lowest BCUT2D eigenvalue weighted by atomic mass is 9.98. The maximum Gasteiger partial charge on any atom is 0.253 e. The van der Waals surface area contributed by atoms with Gasteiger partial charge in [-0.05, 0) is 85.9 Å². The third kappa shape index (κ3) is 19.4. The van der Waals surface area contributed by atoms with Crippen LogP contribution in [0.3, 0.4) is 0 Å². The first-order chi connectivity index (χ1) is 43.6. The summed E-state index contributed by atoms with van der Waals surface area (Å²) in [5.41, 5.74) is 14.6. The quantitative estimate of drug-likeness (QED) is 0.0414. The zero-order valence-electron chi connectivity index (χ0n) is 51.5. The number of phenolic OH excluding ortho intramolecular Hbond substituents is 1. The number of benzene rings is 3. The van der Waals surface area contributed by atoms with Crippen LogP contribution < -0.4 is 47.5 Å². The van der Waals surface area contributed by atoms with Crippen molar-refractivity contribution in [3.05, 3.63) is 96.2 Å². The van der Waals surface area contributed by atoms with E-state index in [4.69, 9.17) is 25.7 Å². The van der Waals surface area contributed by atoms with E-state index in [1.807, 2.05) is 48.5 Å². The van der Waals surface area contributed by atoms with E-state index in [0.717, 1.165) is 39.2 Å². The van der Waals surface area contributed by atoms with Gasteiger partial charge in [0.1, 0.15) is 59.3 Å². The summed E-state index contributed by atoms with van der Waals surface area (Å²) < 4.78 is 16.4. The molecular formula is C61H81Cl3N12O17S. The maximum absolute atomic E-state index is 14.7. The van der Waals surface area contributed by atoms with Gasteiger partial charge in [-0.3, -0.25) is 38.5 Å². The Bertz CT molecular complexity index is 3350. The average Bonchev–Trinajstić information content (AvgIpc) is 1.62. The summed E-state index contributed by atoms with van der Waals surface area (Å²) in [6.45, 7) is 2.22. The number of β-amino-alcohol motifs (C(OH)–C–C–N with tert-alkyl or cyclic N) is 1. The highest BCUT2D eigenvalue weighted by atomic mass is 35.5. The summed E-state index contributed by atoms with van der Waals surface area (Å²) in [5.74, 6) is -8.03. The minimum Gasteiger partial charge on any atom is -0.504 e. The number of hydrogen-bond donors (Lipinski definition) is 14. The Morgan fingerprint density at radius 2 is 1.36 bits per heavy atom. The molecule has 5 aromatic rings. The number of carbonyl (C=O) groups is 7. The van der Waals surface area contributed by atoms with E-state index >= 15 is 0 Å². The molecule has 3 aliphatic rings. The van der Waals surface area contributed by atoms with Crippen molar-refractivity contribution in [3.63, 3.8) is 0 Å². The first-order valence-electron chi connectivity index (χ1n) is 29.8. The topological polar surface area (TPSA) is 446 Å². The smallest absolute Gasteiger partial charge is 0.253 e. The van der Waals surface area contributed by atoms with Gasteiger partial charge >= 0.3 is 0 Å². The third-order valence-electron chi connectivity index (χ3n) is 15.8. The molecule has 8 rings (SSSR count). The number of methoxy groups -OCH3 is 1. The molecule has 3 saturated heterocycles. The third-order valence-corrected chi connectivity index (χ3v) is 16.8. The minimum atomic E-state index is -2.05. The Morgan fingerprint density at radius 1 is 0.713 bits per heavy atom. The van der Waals surface area contributed by atoms with E-state index in [2.05, 4.69) is 41.8 Å². The number of nitrogens with one attached hydrogen (secondary N) is 5. The van der Waals surface area contributed by atoms with Crippen molar-refractivity contribution in [2.45, 2.75) is 119 Å². The number of aromatic nitrogens is 3. The van der Waals surface area contributed by atoms with E-state index in [1.54, 1.807) is 7.11 Å². The molecule has 94 heavy (non-hydrogen) atoms. The van der Waals surface area contributed by atoms with Gasteiger partial charge in [0.25, 0.3) is 5.91 Å². The standard InChI is InChI=1S/C61H78N12O17S.3ClH/c1-31-29-73-51(52(31)80)57(85)65-28-38(75)25-42(66-53(81)37-12-15-41(64-27-37)59-71-70-58(91-59)36-8-6-34(7-9-36)35-10-13-40(14-11-35)89-22-21-88-3)54(82)67-48(32(2)74)60(86)72-30-39(76)26-43(72)55(83)68-49(56(84)69-50(61(73)87)45(78)17-19-63)46(79)23-33-5-16-44(77)47(24-33)90-20-4-18-62;;;/h5-16,24,27,31-32,38-39,42-43,45-46,48-52,74-80H,4,17-23,25-26,28-30,62-63H2,1-3H3,(H,65,85)(H,66,81)(H,67,82)(H,68,83)(H,69,84);3*1H/t31-,32+,38+,39+,42-,43-,45+,46+,48-,49-,50-,51-,52-;;;/m0.../s1. The van der Waals surface area contributed by atoms with E-state index < -0.39 is 152 Å². The molecule has 29 nitrogen and oxygen atoms in total. The molecule has 7 amide bonds. The SMILES string of the molecule is COCCOc1ccc(-c2ccc(-c3nnc(-c4ccc(C(=O)N[C@H]5C[C@@H](O)CNC(=O)[C@@H]6[C@@H](O)[C@@H](C)CN6C(=O)[C@H]([C@H](O)CCN)NC(=O)[C@H]([C@H](O)Cc6ccc(O)c(OCCCN)c6)NC(=O)[C@@H]6C[C@@H](O)CN6C(=O)[C@H]([C@@H](C)O)NC5=O)cn4)s3)cc2)cc1.Cl.Cl.Cl. The van der Waals surface area contributed by atoms with Crippen LogP contribution in [0.25, 0.3) is 32.4 Å². The first kappa shape index (κ1) is 77.3. The summed E-state index contributed by atoms with van der Waals surface area (Å²) in [5, 5.41) is 101. The number of ether oxygens (including phenoxy) is 3. The first-order valence-corrected chi connectivity index (χ1v) is 30.6. The van der Waals surface area contributed by atoms with Crippen molar-refractivity contribution in [3.8, 4) is 49.6 Å². The lowest BCUT2D eigenvalue weighted by Crippen LogP contribution is -2.64. The van der Waals surface area contributed by atoms with Gasteiger partial charge in [0.2, 0.25) is 35.4 Å². The van der Waals surface area contributed by atoms with Gasteiger partial charge in [0.15, 0.2) is 16.5 Å². The average molecular weight is 1390 g/mol. The van der Waals surface area contributed by atoms with Gasteiger partial charge in [-0.25, -0.2) is 0 Å². The Labute approximate surface area is 563 Å². The molecule has 514 valence electrons. The number of fused-ring (bicyclic) bond motifs is 2. The number of carbonyl (C=O) groups excluding carboxylic acids is 7. The normalized spacial score (nSPS) is 24.0. The number of rotatable bonds is 20. The fourth-order valence-electron chi connectivity index (χ4n) is 10.8. The second-order valence-electron chi connectivity index (χ2n) is 22.7. The molecule has 0 bridgehead atoms. The van der Waals surface area contributed by atoms with Crippen LogP contribution in [-0.2, 0) is 39.9 Å². The molecule has 3 aliphatic heterocycles. The second kappa shape index (κ2) is 35.9. The predicted molar refractivity (Wildman–Crippen MR) is 349 cm³/mol. The molecule has 2 aromatic heterocycles. The minimum absolute atomic E-state index is 0. The number of amides is 7. The van der Waals surface area contributed by atoms with E-state index in [1.165, 1.54) is 54.8 Å². The summed E-state index contributed by atoms with van der Waals surface area (Å²) in [7, 11) is 1.60. The molecule has 0 aliphatic carbocycles. The van der Waals surface area contributed by atoms with Crippen LogP contribution in [0.1, 0.15) is 55.5 Å². The monoisotopic (exact) mass is 1390 g/mol.